The molecule has 0 atom stereocenters. The predicted molar refractivity (Wildman–Crippen MR) is 105 cm³/mol. The number of hydrogen-bond acceptors (Lipinski definition) is 0. The molecular weight excluding hydrogens is 307 g/mol. The summed E-state index contributed by atoms with van der Waals surface area (Å²) in [5, 5.41) is 0. The molecule has 0 aromatic heterocycles. The molecule has 0 bridgehead atoms. The number of halogens is 1. The SMILES string of the molecule is CCC=CCc1ccc(-c2ccc(-c3ccc(C)cc3)cc2F)cc1. The highest BCUT2D eigenvalue weighted by molar-refractivity contribution is 5.71. The van der Waals surface area contributed by atoms with Gasteiger partial charge < -0.3 is 0 Å². The first-order valence-corrected chi connectivity index (χ1v) is 8.78. The van der Waals surface area contributed by atoms with Crippen LogP contribution in [0.3, 0.4) is 0 Å². The Labute approximate surface area is 149 Å². The van der Waals surface area contributed by atoms with Crippen LogP contribution in [0.5, 0.6) is 0 Å². The number of allylic oxidation sites excluding steroid dienone is 2. The van der Waals surface area contributed by atoms with E-state index in [1.54, 1.807) is 6.07 Å². The lowest BCUT2D eigenvalue weighted by atomic mass is 9.98. The second-order valence-electron chi connectivity index (χ2n) is 6.34. The maximum atomic E-state index is 14.6. The molecule has 0 N–H and O–H groups in total. The Morgan fingerprint density at radius 2 is 1.40 bits per heavy atom. The maximum Gasteiger partial charge on any atom is 0.131 e. The van der Waals surface area contributed by atoms with E-state index < -0.39 is 0 Å². The van der Waals surface area contributed by atoms with Crippen LogP contribution in [-0.4, -0.2) is 0 Å². The molecule has 126 valence electrons. The normalized spacial score (nSPS) is 11.2. The van der Waals surface area contributed by atoms with Gasteiger partial charge in [0.1, 0.15) is 5.82 Å². The monoisotopic (exact) mass is 330 g/mol. The zero-order valence-electron chi connectivity index (χ0n) is 14.8. The fourth-order valence-electron chi connectivity index (χ4n) is 2.88. The van der Waals surface area contributed by atoms with Crippen molar-refractivity contribution in [2.45, 2.75) is 26.7 Å². The molecule has 0 nitrogen and oxygen atoms in total. The molecule has 3 rings (SSSR count). The summed E-state index contributed by atoms with van der Waals surface area (Å²) in [6.45, 7) is 4.18. The molecule has 0 radical (unpaired) electrons. The van der Waals surface area contributed by atoms with Crippen molar-refractivity contribution in [3.63, 3.8) is 0 Å². The molecule has 0 heterocycles. The number of benzene rings is 3. The largest absolute Gasteiger partial charge is 0.206 e. The average molecular weight is 330 g/mol. The van der Waals surface area contributed by atoms with E-state index >= 15 is 0 Å². The molecule has 0 saturated heterocycles. The van der Waals surface area contributed by atoms with Crippen molar-refractivity contribution < 1.29 is 4.39 Å². The molecule has 0 amide bonds. The van der Waals surface area contributed by atoms with E-state index in [1.807, 2.05) is 48.5 Å². The van der Waals surface area contributed by atoms with E-state index in [4.69, 9.17) is 0 Å². The first-order chi connectivity index (χ1) is 12.2. The third kappa shape index (κ3) is 4.24. The molecule has 0 unspecified atom stereocenters. The molecule has 0 saturated carbocycles. The van der Waals surface area contributed by atoms with E-state index in [2.05, 4.69) is 38.1 Å². The molecule has 0 fully saturated rings. The van der Waals surface area contributed by atoms with Crippen LogP contribution < -0.4 is 0 Å². The number of aryl methyl sites for hydroxylation is 1. The molecule has 0 aliphatic rings. The van der Waals surface area contributed by atoms with Crippen molar-refractivity contribution in [3.8, 4) is 22.3 Å². The second kappa shape index (κ2) is 7.94. The van der Waals surface area contributed by atoms with Gasteiger partial charge in [0.15, 0.2) is 0 Å². The highest BCUT2D eigenvalue weighted by Gasteiger charge is 2.07. The highest BCUT2D eigenvalue weighted by Crippen LogP contribution is 2.28. The Bertz CT molecular complexity index is 856. The minimum atomic E-state index is -0.184. The van der Waals surface area contributed by atoms with Gasteiger partial charge in [-0.1, -0.05) is 85.3 Å². The fraction of sp³-hybridized carbons (Fsp3) is 0.167. The van der Waals surface area contributed by atoms with Crippen LogP contribution in [0.15, 0.2) is 78.9 Å². The van der Waals surface area contributed by atoms with Gasteiger partial charge in [0.25, 0.3) is 0 Å². The lowest BCUT2D eigenvalue weighted by Gasteiger charge is -2.08. The van der Waals surface area contributed by atoms with Crippen LogP contribution in [0.4, 0.5) is 4.39 Å². The van der Waals surface area contributed by atoms with Gasteiger partial charge in [-0.25, -0.2) is 4.39 Å². The van der Waals surface area contributed by atoms with Crippen LogP contribution in [-0.2, 0) is 6.42 Å². The summed E-state index contributed by atoms with van der Waals surface area (Å²) in [5.74, 6) is -0.184. The molecule has 0 aliphatic heterocycles. The van der Waals surface area contributed by atoms with E-state index in [-0.39, 0.29) is 5.82 Å². The summed E-state index contributed by atoms with van der Waals surface area (Å²) >= 11 is 0. The van der Waals surface area contributed by atoms with Crippen molar-refractivity contribution in [3.05, 3.63) is 95.8 Å². The smallest absolute Gasteiger partial charge is 0.131 e. The third-order valence-corrected chi connectivity index (χ3v) is 4.37. The molecule has 3 aromatic rings. The topological polar surface area (TPSA) is 0 Å². The van der Waals surface area contributed by atoms with Crippen molar-refractivity contribution in [2.75, 3.05) is 0 Å². The first-order valence-electron chi connectivity index (χ1n) is 8.78. The van der Waals surface area contributed by atoms with Gasteiger partial charge in [0, 0.05) is 5.56 Å². The molecular formula is C24H23F. The van der Waals surface area contributed by atoms with Gasteiger partial charge in [-0.2, -0.15) is 0 Å². The Balaban J connectivity index is 1.83. The standard InChI is InChI=1S/C24H23F/c1-3-4-5-6-19-9-13-21(14-10-19)23-16-15-22(17-24(23)25)20-11-7-18(2)8-12-20/h4-5,7-17H,3,6H2,1-2H3. The van der Waals surface area contributed by atoms with E-state index in [0.717, 1.165) is 29.5 Å². The maximum absolute atomic E-state index is 14.6. The number of hydrogen-bond donors (Lipinski definition) is 0. The van der Waals surface area contributed by atoms with Crippen LogP contribution in [0.2, 0.25) is 0 Å². The highest BCUT2D eigenvalue weighted by atomic mass is 19.1. The summed E-state index contributed by atoms with van der Waals surface area (Å²) in [4.78, 5) is 0. The van der Waals surface area contributed by atoms with Crippen LogP contribution in [0.1, 0.15) is 24.5 Å². The quantitative estimate of drug-likeness (QED) is 0.443. The van der Waals surface area contributed by atoms with Gasteiger partial charge in [0.2, 0.25) is 0 Å². The van der Waals surface area contributed by atoms with Gasteiger partial charge >= 0.3 is 0 Å². The molecule has 3 aromatic carbocycles. The fourth-order valence-corrected chi connectivity index (χ4v) is 2.88. The Hall–Kier alpha value is -2.67. The third-order valence-electron chi connectivity index (χ3n) is 4.37. The van der Waals surface area contributed by atoms with Gasteiger partial charge in [0.05, 0.1) is 0 Å². The zero-order valence-corrected chi connectivity index (χ0v) is 14.8. The van der Waals surface area contributed by atoms with Crippen LogP contribution in [0.25, 0.3) is 22.3 Å². The second-order valence-corrected chi connectivity index (χ2v) is 6.34. The first kappa shape index (κ1) is 17.2. The molecule has 0 aliphatic carbocycles. The summed E-state index contributed by atoms with van der Waals surface area (Å²) in [6.07, 6.45) is 6.31. The zero-order chi connectivity index (χ0) is 17.6. The Morgan fingerprint density at radius 3 is 2.04 bits per heavy atom. The van der Waals surface area contributed by atoms with Gasteiger partial charge in [-0.05, 0) is 48.1 Å². The molecule has 25 heavy (non-hydrogen) atoms. The van der Waals surface area contributed by atoms with E-state index in [1.165, 1.54) is 11.1 Å². The molecule has 1 heteroatoms. The van der Waals surface area contributed by atoms with Crippen molar-refractivity contribution in [1.29, 1.82) is 0 Å². The van der Waals surface area contributed by atoms with Crippen molar-refractivity contribution >= 4 is 0 Å². The summed E-state index contributed by atoms with van der Waals surface area (Å²) in [6, 6.07) is 21.8. The molecule has 0 spiro atoms. The van der Waals surface area contributed by atoms with Crippen LogP contribution in [0, 0.1) is 12.7 Å². The van der Waals surface area contributed by atoms with E-state index in [9.17, 15) is 4.39 Å². The minimum Gasteiger partial charge on any atom is -0.206 e. The summed E-state index contributed by atoms with van der Waals surface area (Å²) in [5.41, 5.74) is 5.94. The summed E-state index contributed by atoms with van der Waals surface area (Å²) in [7, 11) is 0. The van der Waals surface area contributed by atoms with Crippen molar-refractivity contribution in [1.82, 2.24) is 0 Å². The van der Waals surface area contributed by atoms with E-state index in [0.29, 0.717) is 5.56 Å². The lowest BCUT2D eigenvalue weighted by Crippen LogP contribution is -1.88. The predicted octanol–water partition coefficient (Wildman–Crippen LogP) is 6.98. The minimum absolute atomic E-state index is 0.184. The lowest BCUT2D eigenvalue weighted by molar-refractivity contribution is 0.632. The number of rotatable bonds is 5. The Morgan fingerprint density at radius 1 is 0.760 bits per heavy atom. The summed E-state index contributed by atoms with van der Waals surface area (Å²) < 4.78 is 14.6. The Kier molecular flexibility index (Phi) is 5.45. The van der Waals surface area contributed by atoms with Gasteiger partial charge in [-0.15, -0.1) is 0 Å². The van der Waals surface area contributed by atoms with Gasteiger partial charge in [-0.3, -0.25) is 0 Å². The average Bonchev–Trinajstić information content (AvgIpc) is 2.63. The van der Waals surface area contributed by atoms with Crippen molar-refractivity contribution in [2.24, 2.45) is 0 Å². The van der Waals surface area contributed by atoms with Crippen LogP contribution >= 0.6 is 0 Å².